The lowest BCUT2D eigenvalue weighted by molar-refractivity contribution is -0.116. The summed E-state index contributed by atoms with van der Waals surface area (Å²) >= 11 is 0. The van der Waals surface area contributed by atoms with Gasteiger partial charge in [0.05, 0.1) is 31.5 Å². The van der Waals surface area contributed by atoms with Crippen molar-refractivity contribution < 1.29 is 19.3 Å². The van der Waals surface area contributed by atoms with Gasteiger partial charge in [0, 0.05) is 20.2 Å². The molecule has 1 rings (SSSR count). The number of methoxy groups -OCH3 is 1. The maximum atomic E-state index is 9.64. The predicted octanol–water partition coefficient (Wildman–Crippen LogP) is -0.223. The Kier molecular flexibility index (Phi) is 5.64. The van der Waals surface area contributed by atoms with Crippen LogP contribution in [0.1, 0.15) is 13.8 Å². The Bertz CT molecular complexity index is 196. The third-order valence-electron chi connectivity index (χ3n) is 2.60. The van der Waals surface area contributed by atoms with Crippen LogP contribution in [-0.4, -0.2) is 62.9 Å². The molecule has 0 aromatic heterocycles. The van der Waals surface area contributed by atoms with E-state index in [1.54, 1.807) is 7.11 Å². The highest BCUT2D eigenvalue weighted by Crippen LogP contribution is 2.15. The maximum Gasteiger partial charge on any atom is 0.101 e. The van der Waals surface area contributed by atoms with E-state index in [0.717, 1.165) is 13.1 Å². The lowest BCUT2D eigenvalue weighted by atomic mass is 10.0. The number of hydrogen-bond acceptors (Lipinski definition) is 5. The molecular weight excluding hydrogens is 210 g/mol. The molecule has 1 fully saturated rings. The molecule has 0 radical (unpaired) electrons. The molecule has 0 aromatic carbocycles. The summed E-state index contributed by atoms with van der Waals surface area (Å²) in [6.07, 6.45) is -0.572. The van der Waals surface area contributed by atoms with Gasteiger partial charge >= 0.3 is 0 Å². The molecule has 0 aromatic rings. The molecular formula is C11H23NO4. The highest BCUT2D eigenvalue weighted by molar-refractivity contribution is 4.90. The van der Waals surface area contributed by atoms with Gasteiger partial charge in [0.15, 0.2) is 0 Å². The molecule has 0 amide bonds. The summed E-state index contributed by atoms with van der Waals surface area (Å²) in [6, 6.07) is 0. The Morgan fingerprint density at radius 1 is 1.31 bits per heavy atom. The molecule has 5 heteroatoms. The molecule has 0 bridgehead atoms. The van der Waals surface area contributed by atoms with Crippen LogP contribution in [0.25, 0.3) is 0 Å². The van der Waals surface area contributed by atoms with Crippen LogP contribution in [0.5, 0.6) is 0 Å². The molecule has 2 unspecified atom stereocenters. The Morgan fingerprint density at radius 3 is 2.50 bits per heavy atom. The molecule has 5 nitrogen and oxygen atoms in total. The molecule has 2 atom stereocenters. The van der Waals surface area contributed by atoms with Crippen LogP contribution in [0.4, 0.5) is 0 Å². The zero-order valence-corrected chi connectivity index (χ0v) is 10.4. The van der Waals surface area contributed by atoms with E-state index in [0.29, 0.717) is 13.2 Å². The minimum atomic E-state index is -0.572. The molecule has 16 heavy (non-hydrogen) atoms. The second-order valence-corrected chi connectivity index (χ2v) is 4.62. The van der Waals surface area contributed by atoms with Crippen molar-refractivity contribution in [3.05, 3.63) is 0 Å². The Hall–Kier alpha value is -0.200. The minimum Gasteiger partial charge on any atom is -0.388 e. The highest BCUT2D eigenvalue weighted by atomic mass is 16.5. The van der Waals surface area contributed by atoms with Crippen LogP contribution in [-0.2, 0) is 14.2 Å². The molecule has 1 heterocycles. The van der Waals surface area contributed by atoms with Gasteiger partial charge in [-0.15, -0.1) is 0 Å². The van der Waals surface area contributed by atoms with Gasteiger partial charge in [0.2, 0.25) is 0 Å². The molecule has 0 aliphatic carbocycles. The summed E-state index contributed by atoms with van der Waals surface area (Å²) in [6.45, 7) is 6.78. The minimum absolute atomic E-state index is 0.000561. The number of nitrogens with one attached hydrogen (secondary N) is 1. The second-order valence-electron chi connectivity index (χ2n) is 4.62. The Labute approximate surface area is 97.1 Å². The van der Waals surface area contributed by atoms with E-state index < -0.39 is 6.10 Å². The lowest BCUT2D eigenvalue weighted by Crippen LogP contribution is -2.59. The average molecular weight is 233 g/mol. The van der Waals surface area contributed by atoms with Gasteiger partial charge in [0.25, 0.3) is 0 Å². The first-order valence-corrected chi connectivity index (χ1v) is 5.69. The molecule has 0 saturated carbocycles. The number of ether oxygens (including phenoxy) is 3. The first-order chi connectivity index (χ1) is 7.56. The number of aliphatic hydroxyl groups is 1. The molecule has 1 aliphatic heterocycles. The van der Waals surface area contributed by atoms with Crippen molar-refractivity contribution in [2.75, 3.05) is 40.0 Å². The van der Waals surface area contributed by atoms with Crippen LogP contribution in [0, 0.1) is 0 Å². The van der Waals surface area contributed by atoms with Crippen LogP contribution >= 0.6 is 0 Å². The second kappa shape index (κ2) is 6.51. The highest BCUT2D eigenvalue weighted by Gasteiger charge is 2.32. The average Bonchev–Trinajstić information content (AvgIpc) is 2.21. The van der Waals surface area contributed by atoms with E-state index in [9.17, 15) is 5.11 Å². The van der Waals surface area contributed by atoms with Crippen LogP contribution in [0.15, 0.2) is 0 Å². The Balaban J connectivity index is 2.04. The van der Waals surface area contributed by atoms with Crippen molar-refractivity contribution in [2.24, 2.45) is 0 Å². The lowest BCUT2D eigenvalue weighted by Gasteiger charge is -2.39. The van der Waals surface area contributed by atoms with Crippen LogP contribution in [0.2, 0.25) is 0 Å². The standard InChI is InChI=1S/C11H23NO4/c1-9(4-14-3)15-5-10(13)6-16-11(2)7-12-8-11/h9-10,12-13H,4-8H2,1-3H3. The van der Waals surface area contributed by atoms with E-state index in [2.05, 4.69) is 5.32 Å². The van der Waals surface area contributed by atoms with Gasteiger partial charge < -0.3 is 24.6 Å². The first-order valence-electron chi connectivity index (χ1n) is 5.69. The van der Waals surface area contributed by atoms with Gasteiger partial charge in [-0.1, -0.05) is 0 Å². The van der Waals surface area contributed by atoms with E-state index >= 15 is 0 Å². The SMILES string of the molecule is COCC(C)OCC(O)COC1(C)CNC1. The van der Waals surface area contributed by atoms with Crippen molar-refractivity contribution in [3.8, 4) is 0 Å². The topological polar surface area (TPSA) is 60.0 Å². The fourth-order valence-electron chi connectivity index (χ4n) is 1.48. The summed E-state index contributed by atoms with van der Waals surface area (Å²) < 4.78 is 15.9. The van der Waals surface area contributed by atoms with Gasteiger partial charge in [-0.25, -0.2) is 0 Å². The summed E-state index contributed by atoms with van der Waals surface area (Å²) in [5, 5.41) is 12.8. The number of hydrogen-bond donors (Lipinski definition) is 2. The largest absolute Gasteiger partial charge is 0.388 e. The van der Waals surface area contributed by atoms with Crippen molar-refractivity contribution in [2.45, 2.75) is 31.7 Å². The van der Waals surface area contributed by atoms with E-state index in [1.807, 2.05) is 13.8 Å². The van der Waals surface area contributed by atoms with Crippen molar-refractivity contribution in [3.63, 3.8) is 0 Å². The van der Waals surface area contributed by atoms with Gasteiger partial charge in [-0.05, 0) is 13.8 Å². The summed E-state index contributed by atoms with van der Waals surface area (Å²) in [4.78, 5) is 0. The predicted molar refractivity (Wildman–Crippen MR) is 60.5 cm³/mol. The normalized spacial score (nSPS) is 22.5. The quantitative estimate of drug-likeness (QED) is 0.607. The zero-order chi connectivity index (χ0) is 12.0. The molecule has 1 saturated heterocycles. The molecule has 96 valence electrons. The summed E-state index contributed by atoms with van der Waals surface area (Å²) in [7, 11) is 1.63. The molecule has 2 N–H and O–H groups in total. The van der Waals surface area contributed by atoms with Crippen LogP contribution in [0.3, 0.4) is 0 Å². The first kappa shape index (κ1) is 13.9. The van der Waals surface area contributed by atoms with E-state index in [4.69, 9.17) is 14.2 Å². The molecule has 1 aliphatic rings. The van der Waals surface area contributed by atoms with Crippen molar-refractivity contribution >= 4 is 0 Å². The number of aliphatic hydroxyl groups excluding tert-OH is 1. The van der Waals surface area contributed by atoms with Gasteiger partial charge in [0.1, 0.15) is 6.10 Å². The van der Waals surface area contributed by atoms with E-state index in [-0.39, 0.29) is 18.3 Å². The summed E-state index contributed by atoms with van der Waals surface area (Å²) in [5.74, 6) is 0. The smallest absolute Gasteiger partial charge is 0.101 e. The maximum absolute atomic E-state index is 9.64. The molecule has 0 spiro atoms. The van der Waals surface area contributed by atoms with Crippen molar-refractivity contribution in [1.82, 2.24) is 5.32 Å². The third kappa shape index (κ3) is 4.76. The fourth-order valence-corrected chi connectivity index (χ4v) is 1.48. The van der Waals surface area contributed by atoms with Crippen LogP contribution < -0.4 is 5.32 Å². The number of rotatable bonds is 8. The fraction of sp³-hybridized carbons (Fsp3) is 1.00. The van der Waals surface area contributed by atoms with E-state index in [1.165, 1.54) is 0 Å². The Morgan fingerprint density at radius 2 is 2.00 bits per heavy atom. The van der Waals surface area contributed by atoms with Crippen molar-refractivity contribution in [1.29, 1.82) is 0 Å². The zero-order valence-electron chi connectivity index (χ0n) is 10.4. The van der Waals surface area contributed by atoms with Gasteiger partial charge in [-0.3, -0.25) is 0 Å². The third-order valence-corrected chi connectivity index (χ3v) is 2.60. The summed E-state index contributed by atoms with van der Waals surface area (Å²) in [5.41, 5.74) is -0.112. The monoisotopic (exact) mass is 233 g/mol. The van der Waals surface area contributed by atoms with Gasteiger partial charge in [-0.2, -0.15) is 0 Å².